The Morgan fingerprint density at radius 2 is 1.26 bits per heavy atom. The summed E-state index contributed by atoms with van der Waals surface area (Å²) < 4.78 is 0. The topological polar surface area (TPSA) is 0 Å². The van der Waals surface area contributed by atoms with Gasteiger partial charge in [-0.3, -0.25) is 0 Å². The summed E-state index contributed by atoms with van der Waals surface area (Å²) in [5.41, 5.74) is 6.07. The molecule has 0 nitrogen and oxygen atoms in total. The van der Waals surface area contributed by atoms with Crippen molar-refractivity contribution in [3.05, 3.63) is 113 Å². The maximum absolute atomic E-state index is 3.62. The molecule has 0 saturated carbocycles. The van der Waals surface area contributed by atoms with Crippen LogP contribution in [0.3, 0.4) is 0 Å². The van der Waals surface area contributed by atoms with E-state index in [1.165, 1.54) is 16.7 Å². The van der Waals surface area contributed by atoms with Crippen LogP contribution in [-0.4, -0.2) is 0 Å². The van der Waals surface area contributed by atoms with E-state index in [1.807, 2.05) is 6.07 Å². The first-order valence-electron chi connectivity index (χ1n) is 8.09. The van der Waals surface area contributed by atoms with Crippen molar-refractivity contribution in [3.63, 3.8) is 0 Å². The maximum atomic E-state index is 3.62. The Kier molecular flexibility index (Phi) is 4.73. The third-order valence-electron chi connectivity index (χ3n) is 3.96. The van der Waals surface area contributed by atoms with Gasteiger partial charge < -0.3 is 0 Å². The van der Waals surface area contributed by atoms with Crippen LogP contribution in [0.15, 0.2) is 84.9 Å². The van der Waals surface area contributed by atoms with Crippen LogP contribution < -0.4 is 0 Å². The van der Waals surface area contributed by atoms with E-state index in [4.69, 9.17) is 0 Å². The molecule has 1 radical (unpaired) electrons. The summed E-state index contributed by atoms with van der Waals surface area (Å²) >= 11 is 0. The van der Waals surface area contributed by atoms with Crippen LogP contribution in [0.1, 0.15) is 42.0 Å². The second-order valence-corrected chi connectivity index (χ2v) is 5.97. The van der Waals surface area contributed by atoms with E-state index in [2.05, 4.69) is 98.8 Å². The molecule has 0 spiro atoms. The van der Waals surface area contributed by atoms with Crippen LogP contribution in [0.5, 0.6) is 0 Å². The lowest BCUT2D eigenvalue weighted by atomic mass is 9.88. The van der Waals surface area contributed by atoms with Gasteiger partial charge in [-0.05, 0) is 39.8 Å². The van der Waals surface area contributed by atoms with Crippen LogP contribution in [0.2, 0.25) is 0 Å². The Balaban J connectivity index is 2.20. The zero-order valence-corrected chi connectivity index (χ0v) is 13.7. The van der Waals surface area contributed by atoms with E-state index in [0.717, 1.165) is 11.1 Å². The average Bonchev–Trinajstić information content (AvgIpc) is 2.61. The summed E-state index contributed by atoms with van der Waals surface area (Å²) in [4.78, 5) is 0. The van der Waals surface area contributed by atoms with Crippen molar-refractivity contribution < 1.29 is 0 Å². The number of hydrogen-bond acceptors (Lipinski definition) is 0. The van der Waals surface area contributed by atoms with E-state index in [0.29, 0.717) is 5.92 Å². The summed E-state index contributed by atoms with van der Waals surface area (Å²) in [5.74, 6) is 0.475. The third-order valence-corrected chi connectivity index (χ3v) is 3.96. The largest absolute Gasteiger partial charge is 0.0622 e. The van der Waals surface area contributed by atoms with Gasteiger partial charge in [0, 0.05) is 0 Å². The quantitative estimate of drug-likeness (QED) is 0.511. The van der Waals surface area contributed by atoms with Gasteiger partial charge in [0.25, 0.3) is 0 Å². The molecule has 0 aromatic heterocycles. The molecular weight excluding hydrogens is 276 g/mol. The first kappa shape index (κ1) is 15.3. The molecule has 0 atom stereocenters. The molecule has 0 bridgehead atoms. The predicted molar refractivity (Wildman–Crippen MR) is 98.3 cm³/mol. The molecule has 3 aromatic rings. The van der Waals surface area contributed by atoms with Crippen LogP contribution in [0, 0.1) is 6.08 Å². The van der Waals surface area contributed by atoms with Crippen molar-refractivity contribution in [1.82, 2.24) is 0 Å². The molecular formula is C23H21. The predicted octanol–water partition coefficient (Wildman–Crippen LogP) is 6.09. The minimum Gasteiger partial charge on any atom is -0.0622 e. The Morgan fingerprint density at radius 1 is 0.696 bits per heavy atom. The van der Waals surface area contributed by atoms with Gasteiger partial charge in [-0.1, -0.05) is 98.8 Å². The lowest BCUT2D eigenvalue weighted by Crippen LogP contribution is -1.98. The molecule has 3 aromatic carbocycles. The van der Waals surface area contributed by atoms with E-state index in [-0.39, 0.29) is 0 Å². The highest BCUT2D eigenvalue weighted by atomic mass is 14.2. The smallest absolute Gasteiger partial charge is 0.00142 e. The second-order valence-electron chi connectivity index (χ2n) is 5.97. The Hall–Kier alpha value is -2.60. The lowest BCUT2D eigenvalue weighted by molar-refractivity contribution is 0.863. The van der Waals surface area contributed by atoms with Crippen molar-refractivity contribution in [3.8, 4) is 0 Å². The van der Waals surface area contributed by atoms with E-state index < -0.39 is 0 Å². The van der Waals surface area contributed by atoms with Gasteiger partial charge in [0.1, 0.15) is 0 Å². The van der Waals surface area contributed by atoms with Gasteiger partial charge in [0.2, 0.25) is 0 Å². The van der Waals surface area contributed by atoms with Crippen molar-refractivity contribution in [2.45, 2.75) is 19.8 Å². The zero-order chi connectivity index (χ0) is 16.1. The fraction of sp³-hybridized carbons (Fsp3) is 0.130. The van der Waals surface area contributed by atoms with Crippen molar-refractivity contribution in [1.29, 1.82) is 0 Å². The molecule has 0 heteroatoms. The molecule has 0 saturated heterocycles. The highest BCUT2D eigenvalue weighted by molar-refractivity contribution is 5.81. The molecule has 0 aliphatic carbocycles. The minimum absolute atomic E-state index is 0.475. The van der Waals surface area contributed by atoms with Gasteiger partial charge in [-0.2, -0.15) is 0 Å². The number of rotatable bonds is 4. The second kappa shape index (κ2) is 7.11. The molecule has 3 rings (SSSR count). The summed E-state index contributed by atoms with van der Waals surface area (Å²) in [6, 6.07) is 29.5. The Morgan fingerprint density at radius 3 is 1.91 bits per heavy atom. The monoisotopic (exact) mass is 297 g/mol. The van der Waals surface area contributed by atoms with Gasteiger partial charge >= 0.3 is 0 Å². The highest BCUT2D eigenvalue weighted by Crippen LogP contribution is 2.31. The average molecular weight is 297 g/mol. The van der Waals surface area contributed by atoms with E-state index in [9.17, 15) is 0 Å². The number of hydrogen-bond donors (Lipinski definition) is 0. The first-order chi connectivity index (χ1) is 11.3. The van der Waals surface area contributed by atoms with Gasteiger partial charge in [0.05, 0.1) is 0 Å². The van der Waals surface area contributed by atoms with Crippen molar-refractivity contribution in [2.75, 3.05) is 0 Å². The lowest BCUT2D eigenvalue weighted by Gasteiger charge is -2.16. The fourth-order valence-corrected chi connectivity index (χ4v) is 2.79. The normalized spacial score (nSPS) is 11.7. The van der Waals surface area contributed by atoms with Crippen LogP contribution >= 0.6 is 0 Å². The summed E-state index contributed by atoms with van der Waals surface area (Å²) in [6.45, 7) is 4.48. The molecule has 113 valence electrons. The van der Waals surface area contributed by atoms with Gasteiger partial charge in [-0.15, -0.1) is 0 Å². The summed E-state index contributed by atoms with van der Waals surface area (Å²) in [5, 5.41) is 0. The molecule has 23 heavy (non-hydrogen) atoms. The van der Waals surface area contributed by atoms with Crippen LogP contribution in [0.4, 0.5) is 0 Å². The minimum atomic E-state index is 0.475. The van der Waals surface area contributed by atoms with Crippen molar-refractivity contribution >= 4 is 5.57 Å². The van der Waals surface area contributed by atoms with Crippen LogP contribution in [0.25, 0.3) is 5.57 Å². The first-order valence-corrected chi connectivity index (χ1v) is 8.09. The number of benzene rings is 3. The standard InChI is InChI=1S/C23H21/c1-18(2)21-15-9-10-16-22(21)23(20-13-7-4-8-14-20)17-19-11-5-3-6-12-19/h3-16,18H,1-2H3. The molecule has 0 fully saturated rings. The summed E-state index contributed by atoms with van der Waals surface area (Å²) in [6.07, 6.45) is 3.62. The molecule has 0 aliphatic rings. The Labute approximate surface area is 139 Å². The van der Waals surface area contributed by atoms with Crippen molar-refractivity contribution in [2.24, 2.45) is 0 Å². The van der Waals surface area contributed by atoms with Crippen LogP contribution in [-0.2, 0) is 0 Å². The SMILES string of the molecule is CC(C)c1ccccc1C(=[C]c1ccccc1)c1ccccc1. The van der Waals surface area contributed by atoms with Gasteiger partial charge in [0.15, 0.2) is 0 Å². The Bertz CT molecular complexity index is 781. The maximum Gasteiger partial charge on any atom is -0.00142 e. The third kappa shape index (κ3) is 3.60. The zero-order valence-electron chi connectivity index (χ0n) is 13.7. The molecule has 0 amide bonds. The van der Waals surface area contributed by atoms with E-state index >= 15 is 0 Å². The summed E-state index contributed by atoms with van der Waals surface area (Å²) in [7, 11) is 0. The molecule has 0 aliphatic heterocycles. The van der Waals surface area contributed by atoms with E-state index in [1.54, 1.807) is 0 Å². The molecule has 0 N–H and O–H groups in total. The molecule has 0 unspecified atom stereocenters. The fourth-order valence-electron chi connectivity index (χ4n) is 2.79. The molecule has 0 heterocycles. The van der Waals surface area contributed by atoms with Gasteiger partial charge in [-0.25, -0.2) is 0 Å². The highest BCUT2D eigenvalue weighted by Gasteiger charge is 2.12.